The molecule has 3 rings (SSSR count). The van der Waals surface area contributed by atoms with Gasteiger partial charge in [0.15, 0.2) is 0 Å². The zero-order valence-electron chi connectivity index (χ0n) is 12.1. The van der Waals surface area contributed by atoms with Gasteiger partial charge in [0.25, 0.3) is 0 Å². The first-order valence-electron chi connectivity index (χ1n) is 7.39. The molecular weight excluding hydrogens is 260 g/mol. The molecule has 2 unspecified atom stereocenters. The van der Waals surface area contributed by atoms with Crippen molar-refractivity contribution in [1.82, 2.24) is 10.6 Å². The maximum atomic E-state index is 12.0. The minimum atomic E-state index is -0.117. The summed E-state index contributed by atoms with van der Waals surface area (Å²) in [5, 5.41) is 6.45. The van der Waals surface area contributed by atoms with Crippen LogP contribution in [0.15, 0.2) is 60.7 Å². The van der Waals surface area contributed by atoms with Gasteiger partial charge in [0.1, 0.15) is 0 Å². The summed E-state index contributed by atoms with van der Waals surface area (Å²) in [5.74, 6) is 0.236. The molecule has 0 spiro atoms. The van der Waals surface area contributed by atoms with E-state index in [1.807, 2.05) is 43.3 Å². The molecule has 0 aliphatic carbocycles. The molecule has 2 aromatic rings. The number of nitrogens with one attached hydrogen (secondary N) is 2. The fourth-order valence-electron chi connectivity index (χ4n) is 2.93. The Morgan fingerprint density at radius 1 is 0.952 bits per heavy atom. The third kappa shape index (κ3) is 2.98. The number of carbonyl (C=O) groups excluding carboxylic acids is 1. The van der Waals surface area contributed by atoms with Gasteiger partial charge in [-0.05, 0) is 18.1 Å². The Balaban J connectivity index is 1.95. The highest BCUT2D eigenvalue weighted by molar-refractivity contribution is 5.82. The Bertz CT molecular complexity index is 558. The standard InChI is InChI=1S/C18H20N2O/c1-13-18(21)20-16(12-19-13)17(14-8-4-2-5-9-14)15-10-6-3-7-11-15/h2-11,13,16-17,19H,12H2,1H3,(H,20,21). The molecule has 0 saturated carbocycles. The van der Waals surface area contributed by atoms with E-state index in [0.717, 1.165) is 6.54 Å². The maximum absolute atomic E-state index is 12.0. The van der Waals surface area contributed by atoms with Gasteiger partial charge < -0.3 is 10.6 Å². The second-order valence-corrected chi connectivity index (χ2v) is 5.54. The van der Waals surface area contributed by atoms with Gasteiger partial charge >= 0.3 is 0 Å². The molecule has 21 heavy (non-hydrogen) atoms. The van der Waals surface area contributed by atoms with Crippen molar-refractivity contribution in [3.05, 3.63) is 71.8 Å². The van der Waals surface area contributed by atoms with E-state index in [1.165, 1.54) is 11.1 Å². The van der Waals surface area contributed by atoms with Crippen molar-refractivity contribution < 1.29 is 4.79 Å². The van der Waals surface area contributed by atoms with Crippen LogP contribution in [0.1, 0.15) is 24.0 Å². The van der Waals surface area contributed by atoms with Crippen molar-refractivity contribution in [3.63, 3.8) is 0 Å². The molecule has 3 nitrogen and oxygen atoms in total. The van der Waals surface area contributed by atoms with Crippen LogP contribution in [-0.4, -0.2) is 24.5 Å². The van der Waals surface area contributed by atoms with Crippen molar-refractivity contribution in [2.45, 2.75) is 24.9 Å². The molecule has 0 radical (unpaired) electrons. The quantitative estimate of drug-likeness (QED) is 0.906. The van der Waals surface area contributed by atoms with Crippen molar-refractivity contribution >= 4 is 5.91 Å². The summed E-state index contributed by atoms with van der Waals surface area (Å²) >= 11 is 0. The van der Waals surface area contributed by atoms with Crippen LogP contribution in [-0.2, 0) is 4.79 Å². The minimum Gasteiger partial charge on any atom is -0.350 e. The summed E-state index contributed by atoms with van der Waals surface area (Å²) in [6, 6.07) is 20.7. The minimum absolute atomic E-state index is 0.0681. The van der Waals surface area contributed by atoms with E-state index in [0.29, 0.717) is 0 Å². The van der Waals surface area contributed by atoms with Gasteiger partial charge in [-0.2, -0.15) is 0 Å². The SMILES string of the molecule is CC1NCC(C(c2ccccc2)c2ccccc2)NC1=O. The van der Waals surface area contributed by atoms with Crippen LogP contribution in [0.4, 0.5) is 0 Å². The summed E-state index contributed by atoms with van der Waals surface area (Å²) in [6.45, 7) is 2.67. The molecule has 108 valence electrons. The Morgan fingerprint density at radius 2 is 1.48 bits per heavy atom. The van der Waals surface area contributed by atoms with Crippen LogP contribution in [0.5, 0.6) is 0 Å². The first-order chi connectivity index (χ1) is 10.3. The molecule has 2 N–H and O–H groups in total. The Kier molecular flexibility index (Phi) is 4.02. The van der Waals surface area contributed by atoms with Crippen LogP contribution in [0.3, 0.4) is 0 Å². The lowest BCUT2D eigenvalue weighted by Gasteiger charge is -2.34. The van der Waals surface area contributed by atoms with Gasteiger partial charge in [0, 0.05) is 12.5 Å². The number of carbonyl (C=O) groups is 1. The lowest BCUT2D eigenvalue weighted by atomic mass is 9.84. The maximum Gasteiger partial charge on any atom is 0.237 e. The zero-order valence-corrected chi connectivity index (χ0v) is 12.1. The van der Waals surface area contributed by atoms with Crippen LogP contribution in [0.25, 0.3) is 0 Å². The second kappa shape index (κ2) is 6.10. The van der Waals surface area contributed by atoms with Gasteiger partial charge in [-0.25, -0.2) is 0 Å². The molecule has 1 heterocycles. The predicted octanol–water partition coefficient (Wildman–Crippen LogP) is 2.29. The normalized spacial score (nSPS) is 22.1. The first kappa shape index (κ1) is 13.8. The average molecular weight is 280 g/mol. The molecule has 1 aliphatic rings. The highest BCUT2D eigenvalue weighted by Crippen LogP contribution is 2.28. The number of amides is 1. The largest absolute Gasteiger partial charge is 0.350 e. The summed E-state index contributed by atoms with van der Waals surface area (Å²) in [5.41, 5.74) is 2.45. The lowest BCUT2D eigenvalue weighted by Crippen LogP contribution is -2.59. The van der Waals surface area contributed by atoms with E-state index in [1.54, 1.807) is 0 Å². The Morgan fingerprint density at radius 3 is 1.95 bits per heavy atom. The summed E-state index contributed by atoms with van der Waals surface area (Å²) in [6.07, 6.45) is 0. The Hall–Kier alpha value is -2.13. The third-order valence-electron chi connectivity index (χ3n) is 4.08. The van der Waals surface area contributed by atoms with Crippen LogP contribution >= 0.6 is 0 Å². The lowest BCUT2D eigenvalue weighted by molar-refractivity contribution is -0.125. The van der Waals surface area contributed by atoms with Crippen molar-refractivity contribution in [2.75, 3.05) is 6.54 Å². The van der Waals surface area contributed by atoms with E-state index < -0.39 is 0 Å². The molecule has 0 bridgehead atoms. The van der Waals surface area contributed by atoms with Crippen LogP contribution in [0, 0.1) is 0 Å². The summed E-state index contributed by atoms with van der Waals surface area (Å²) < 4.78 is 0. The molecule has 3 heteroatoms. The van der Waals surface area contributed by atoms with Gasteiger partial charge in [-0.1, -0.05) is 60.7 Å². The van der Waals surface area contributed by atoms with Crippen molar-refractivity contribution in [2.24, 2.45) is 0 Å². The molecule has 0 aromatic heterocycles. The van der Waals surface area contributed by atoms with Gasteiger partial charge in [-0.3, -0.25) is 4.79 Å². The van der Waals surface area contributed by atoms with Gasteiger partial charge in [0.2, 0.25) is 5.91 Å². The molecular formula is C18H20N2O. The van der Waals surface area contributed by atoms with E-state index in [9.17, 15) is 4.79 Å². The number of piperazine rings is 1. The average Bonchev–Trinajstić information content (AvgIpc) is 2.53. The number of hydrogen-bond acceptors (Lipinski definition) is 2. The highest BCUT2D eigenvalue weighted by Gasteiger charge is 2.31. The number of hydrogen-bond donors (Lipinski definition) is 2. The topological polar surface area (TPSA) is 41.1 Å². The van der Waals surface area contributed by atoms with Gasteiger partial charge in [-0.15, -0.1) is 0 Å². The highest BCUT2D eigenvalue weighted by atomic mass is 16.2. The first-order valence-corrected chi connectivity index (χ1v) is 7.39. The van der Waals surface area contributed by atoms with E-state index in [4.69, 9.17) is 0 Å². The van der Waals surface area contributed by atoms with Crippen molar-refractivity contribution in [1.29, 1.82) is 0 Å². The van der Waals surface area contributed by atoms with E-state index in [2.05, 4.69) is 34.9 Å². The fraction of sp³-hybridized carbons (Fsp3) is 0.278. The fourth-order valence-corrected chi connectivity index (χ4v) is 2.93. The van der Waals surface area contributed by atoms with Crippen LogP contribution in [0.2, 0.25) is 0 Å². The van der Waals surface area contributed by atoms with Gasteiger partial charge in [0.05, 0.1) is 12.1 Å². The molecule has 1 fully saturated rings. The third-order valence-corrected chi connectivity index (χ3v) is 4.08. The Labute approximate surface area is 125 Å². The molecule has 1 aliphatic heterocycles. The van der Waals surface area contributed by atoms with E-state index in [-0.39, 0.29) is 23.9 Å². The molecule has 1 saturated heterocycles. The number of rotatable bonds is 3. The summed E-state index contributed by atoms with van der Waals surface area (Å²) in [7, 11) is 0. The summed E-state index contributed by atoms with van der Waals surface area (Å²) in [4.78, 5) is 12.0. The molecule has 2 aromatic carbocycles. The smallest absolute Gasteiger partial charge is 0.237 e. The van der Waals surface area contributed by atoms with Crippen molar-refractivity contribution in [3.8, 4) is 0 Å². The molecule has 2 atom stereocenters. The molecule has 1 amide bonds. The van der Waals surface area contributed by atoms with Crippen LogP contribution < -0.4 is 10.6 Å². The second-order valence-electron chi connectivity index (χ2n) is 5.54. The number of benzene rings is 2. The zero-order chi connectivity index (χ0) is 14.7. The van der Waals surface area contributed by atoms with E-state index >= 15 is 0 Å². The monoisotopic (exact) mass is 280 g/mol. The predicted molar refractivity (Wildman–Crippen MR) is 84.1 cm³/mol.